The maximum atomic E-state index is 12.1. The molecule has 1 aromatic heterocycles. The first-order chi connectivity index (χ1) is 11.5. The minimum absolute atomic E-state index is 0.0204. The van der Waals surface area contributed by atoms with Crippen LogP contribution in [-0.2, 0) is 9.16 Å². The number of nitrogens with zero attached hydrogens (tertiary/aromatic N) is 1. The van der Waals surface area contributed by atoms with E-state index in [4.69, 9.17) is 20.8 Å². The molecule has 7 nitrogen and oxygen atoms in total. The third kappa shape index (κ3) is 3.93. The Hall–Kier alpha value is -0.933. The van der Waals surface area contributed by atoms with Crippen molar-refractivity contribution in [2.24, 2.45) is 0 Å². The molecule has 0 amide bonds. The van der Waals surface area contributed by atoms with Gasteiger partial charge in [0.1, 0.15) is 11.8 Å². The Kier molecular flexibility index (Phi) is 5.70. The fourth-order valence-corrected chi connectivity index (χ4v) is 4.30. The first kappa shape index (κ1) is 20.4. The van der Waals surface area contributed by atoms with E-state index in [0.717, 1.165) is 0 Å². The quantitative estimate of drug-likeness (QED) is 0.590. The van der Waals surface area contributed by atoms with Crippen molar-refractivity contribution in [2.45, 2.75) is 63.3 Å². The van der Waals surface area contributed by atoms with Crippen LogP contribution in [0.5, 0.6) is 0 Å². The van der Waals surface area contributed by atoms with Crippen molar-refractivity contribution in [2.75, 3.05) is 12.5 Å². The van der Waals surface area contributed by atoms with Gasteiger partial charge in [-0.05, 0) is 18.1 Å². The normalized spacial score (nSPS) is 27.6. The van der Waals surface area contributed by atoms with Crippen LogP contribution in [0.15, 0.2) is 21.9 Å². The number of H-pyrrole nitrogens is 1. The van der Waals surface area contributed by atoms with Gasteiger partial charge in [-0.25, -0.2) is 4.79 Å². The molecule has 0 aromatic carbocycles. The van der Waals surface area contributed by atoms with Crippen molar-refractivity contribution in [3.05, 3.63) is 33.1 Å². The third-order valence-corrected chi connectivity index (χ3v) is 10.2. The van der Waals surface area contributed by atoms with Gasteiger partial charge in [0.25, 0.3) is 5.56 Å². The molecule has 25 heavy (non-hydrogen) atoms. The molecule has 0 unspecified atom stereocenters. The lowest BCUT2D eigenvalue weighted by Gasteiger charge is -2.42. The van der Waals surface area contributed by atoms with E-state index in [2.05, 4.69) is 38.8 Å². The second kappa shape index (κ2) is 7.00. The topological polar surface area (TPSA) is 93.6 Å². The molecule has 0 aliphatic carbocycles. The number of alkyl halides is 1. The van der Waals surface area contributed by atoms with Gasteiger partial charge < -0.3 is 14.3 Å². The van der Waals surface area contributed by atoms with Crippen molar-refractivity contribution in [3.63, 3.8) is 0 Å². The predicted octanol–water partition coefficient (Wildman–Crippen LogP) is 1.82. The second-order valence-electron chi connectivity index (χ2n) is 8.05. The number of hydrogen-bond acceptors (Lipinski definition) is 5. The summed E-state index contributed by atoms with van der Waals surface area (Å²) in [4.78, 5) is 25.5. The molecular weight excluding hydrogens is 364 g/mol. The van der Waals surface area contributed by atoms with E-state index in [1.54, 1.807) is 0 Å². The molecule has 2 N–H and O–H groups in total. The highest BCUT2D eigenvalue weighted by atomic mass is 35.5. The lowest BCUT2D eigenvalue weighted by atomic mass is 10.0. The number of aromatic amines is 1. The van der Waals surface area contributed by atoms with Crippen LogP contribution in [0.25, 0.3) is 0 Å². The maximum Gasteiger partial charge on any atom is 0.330 e. The van der Waals surface area contributed by atoms with E-state index in [9.17, 15) is 14.7 Å². The molecule has 2 heterocycles. The van der Waals surface area contributed by atoms with Gasteiger partial charge in [-0.15, -0.1) is 11.6 Å². The van der Waals surface area contributed by atoms with Crippen molar-refractivity contribution in [1.82, 2.24) is 9.55 Å². The Labute approximate surface area is 153 Å². The van der Waals surface area contributed by atoms with E-state index in [0.29, 0.717) is 6.42 Å². The Morgan fingerprint density at radius 3 is 2.60 bits per heavy atom. The number of nitrogens with one attached hydrogen (secondary N) is 1. The number of aliphatic hydroxyl groups is 1. The molecule has 1 fully saturated rings. The first-order valence-electron chi connectivity index (χ1n) is 8.30. The fourth-order valence-electron chi connectivity index (χ4n) is 2.60. The monoisotopic (exact) mass is 390 g/mol. The summed E-state index contributed by atoms with van der Waals surface area (Å²) < 4.78 is 13.7. The number of hydrogen-bond donors (Lipinski definition) is 2. The molecule has 0 radical (unpaired) electrons. The number of halogens is 1. The first-order valence-corrected chi connectivity index (χ1v) is 11.7. The van der Waals surface area contributed by atoms with E-state index < -0.39 is 37.5 Å². The number of aromatic nitrogens is 2. The average molecular weight is 391 g/mol. The molecule has 2 rings (SSSR count). The Bertz CT molecular complexity index is 720. The summed E-state index contributed by atoms with van der Waals surface area (Å²) >= 11 is 6.13. The largest absolute Gasteiger partial charge is 0.411 e. The van der Waals surface area contributed by atoms with Crippen LogP contribution in [-0.4, -0.2) is 47.2 Å². The van der Waals surface area contributed by atoms with Gasteiger partial charge in [-0.1, -0.05) is 20.8 Å². The Morgan fingerprint density at radius 2 is 2.12 bits per heavy atom. The molecule has 0 saturated carbocycles. The van der Waals surface area contributed by atoms with Crippen molar-refractivity contribution < 1.29 is 14.3 Å². The zero-order valence-corrected chi connectivity index (χ0v) is 17.1. The molecule has 1 aliphatic rings. The standard InChI is InChI=1S/C16H27ClN2O5Si/c1-15(2,3)25(4,5)24-11-8-13(23-16(11,9-17)10-20)19-7-6-12(21)18-14(19)22/h6-7,11,13,20H,8-10H2,1-5H3,(H,18,21,22)/t11-,13+,16+/m0/s1. The molecule has 1 aromatic rings. The van der Waals surface area contributed by atoms with Crippen molar-refractivity contribution >= 4 is 19.9 Å². The number of rotatable bonds is 5. The summed E-state index contributed by atoms with van der Waals surface area (Å²) in [5.74, 6) is 0.0391. The van der Waals surface area contributed by atoms with Gasteiger partial charge in [-0.3, -0.25) is 14.3 Å². The van der Waals surface area contributed by atoms with Crippen molar-refractivity contribution in [1.29, 1.82) is 0 Å². The highest BCUT2D eigenvalue weighted by Gasteiger charge is 2.53. The summed E-state index contributed by atoms with van der Waals surface area (Å²) in [7, 11) is -2.14. The summed E-state index contributed by atoms with van der Waals surface area (Å²) in [6.07, 6.45) is 0.646. The molecule has 0 bridgehead atoms. The van der Waals surface area contributed by atoms with Gasteiger partial charge in [-0.2, -0.15) is 0 Å². The van der Waals surface area contributed by atoms with Crippen LogP contribution in [0.3, 0.4) is 0 Å². The lowest BCUT2D eigenvalue weighted by Crippen LogP contribution is -2.53. The minimum atomic E-state index is -2.14. The molecule has 0 spiro atoms. The van der Waals surface area contributed by atoms with Crippen LogP contribution in [0.1, 0.15) is 33.4 Å². The van der Waals surface area contributed by atoms with E-state index in [1.165, 1.54) is 16.8 Å². The van der Waals surface area contributed by atoms with Gasteiger partial charge >= 0.3 is 5.69 Å². The van der Waals surface area contributed by atoms with Gasteiger partial charge in [0, 0.05) is 18.7 Å². The fraction of sp³-hybridized carbons (Fsp3) is 0.750. The highest BCUT2D eigenvalue weighted by Crippen LogP contribution is 2.44. The second-order valence-corrected chi connectivity index (χ2v) is 13.1. The molecule has 3 atom stereocenters. The average Bonchev–Trinajstić information content (AvgIpc) is 2.84. The number of aliphatic hydroxyl groups excluding tert-OH is 1. The SMILES string of the molecule is CC(C)(C)[Si](C)(C)O[C@H]1C[C@H](n2ccc(=O)[nH]c2=O)O[C@@]1(CO)CCl. The van der Waals surface area contributed by atoms with Gasteiger partial charge in [0.15, 0.2) is 8.32 Å². The summed E-state index contributed by atoms with van der Waals surface area (Å²) in [5.41, 5.74) is -2.12. The molecule has 142 valence electrons. The lowest BCUT2D eigenvalue weighted by molar-refractivity contribution is -0.111. The smallest absolute Gasteiger partial charge is 0.330 e. The minimum Gasteiger partial charge on any atom is -0.411 e. The predicted molar refractivity (Wildman–Crippen MR) is 98.7 cm³/mol. The third-order valence-electron chi connectivity index (χ3n) is 5.27. The molecule has 1 saturated heterocycles. The van der Waals surface area contributed by atoms with Crippen LogP contribution in [0.2, 0.25) is 18.1 Å². The number of ether oxygens (including phenoxy) is 1. The molecule has 9 heteroatoms. The molecule has 1 aliphatic heterocycles. The highest BCUT2D eigenvalue weighted by molar-refractivity contribution is 6.74. The van der Waals surface area contributed by atoms with E-state index in [1.807, 2.05) is 0 Å². The Balaban J connectivity index is 2.36. The summed E-state index contributed by atoms with van der Waals surface area (Å²) in [6, 6.07) is 1.26. The van der Waals surface area contributed by atoms with Gasteiger partial charge in [0.05, 0.1) is 18.6 Å². The summed E-state index contributed by atoms with van der Waals surface area (Å²) in [6.45, 7) is 10.3. The van der Waals surface area contributed by atoms with Gasteiger partial charge in [0.2, 0.25) is 0 Å². The zero-order valence-electron chi connectivity index (χ0n) is 15.3. The van der Waals surface area contributed by atoms with Crippen LogP contribution in [0, 0.1) is 0 Å². The van der Waals surface area contributed by atoms with Crippen LogP contribution in [0.4, 0.5) is 0 Å². The van der Waals surface area contributed by atoms with Crippen LogP contribution < -0.4 is 11.2 Å². The van der Waals surface area contributed by atoms with E-state index in [-0.39, 0.29) is 17.5 Å². The maximum absolute atomic E-state index is 12.1. The van der Waals surface area contributed by atoms with E-state index >= 15 is 0 Å². The molecular formula is C16H27ClN2O5Si. The van der Waals surface area contributed by atoms with Crippen molar-refractivity contribution in [3.8, 4) is 0 Å². The summed E-state index contributed by atoms with van der Waals surface area (Å²) in [5, 5.41) is 9.93. The Morgan fingerprint density at radius 1 is 1.48 bits per heavy atom. The van der Waals surface area contributed by atoms with Crippen LogP contribution >= 0.6 is 11.6 Å². The zero-order chi connectivity index (χ0) is 19.0.